The minimum absolute atomic E-state index is 0.182. The van der Waals surface area contributed by atoms with E-state index in [1.807, 2.05) is 31.2 Å². The van der Waals surface area contributed by atoms with Crippen LogP contribution in [0, 0.1) is 0 Å². The van der Waals surface area contributed by atoms with Crippen LogP contribution >= 0.6 is 23.4 Å². The number of hydrazone groups is 1. The average Bonchev–Trinajstić information content (AvgIpc) is 3.29. The number of thioether (sulfide) groups is 1. The molecule has 0 aliphatic heterocycles. The third-order valence-electron chi connectivity index (χ3n) is 5.89. The van der Waals surface area contributed by atoms with Gasteiger partial charge in [0, 0.05) is 16.6 Å². The summed E-state index contributed by atoms with van der Waals surface area (Å²) >= 11 is 7.45. The number of halogens is 1. The zero-order valence-corrected chi connectivity index (χ0v) is 20.6. The highest BCUT2D eigenvalue weighted by molar-refractivity contribution is 7.99. The molecule has 2 aromatic carbocycles. The standard InChI is InChI=1S/C25H28ClN5O2S/c1-2-22(17-10-14-21(32)15-11-17)27-28-23(33)16-34-25-30-29-24(18-8-12-19(26)13-9-18)31(25)20-6-4-3-5-7-20/h8-15,20,32H,2-7,16H2,1H3,(H,28,33). The van der Waals surface area contributed by atoms with Gasteiger partial charge in [-0.1, -0.05) is 49.5 Å². The molecular formula is C25H28ClN5O2S. The van der Waals surface area contributed by atoms with E-state index in [4.69, 9.17) is 11.6 Å². The van der Waals surface area contributed by atoms with Gasteiger partial charge in [-0.15, -0.1) is 10.2 Å². The third kappa shape index (κ3) is 5.98. The number of hydrogen-bond donors (Lipinski definition) is 2. The normalized spacial score (nSPS) is 14.8. The van der Waals surface area contributed by atoms with Crippen molar-refractivity contribution in [1.29, 1.82) is 0 Å². The van der Waals surface area contributed by atoms with Crippen molar-refractivity contribution in [3.63, 3.8) is 0 Å². The molecule has 7 nitrogen and oxygen atoms in total. The molecule has 1 aliphatic carbocycles. The molecular weight excluding hydrogens is 470 g/mol. The molecule has 0 bridgehead atoms. The Hall–Kier alpha value is -2.84. The predicted octanol–water partition coefficient (Wildman–Crippen LogP) is 5.83. The number of benzene rings is 2. The summed E-state index contributed by atoms with van der Waals surface area (Å²) < 4.78 is 2.19. The zero-order valence-electron chi connectivity index (χ0n) is 19.1. The molecule has 0 spiro atoms. The Morgan fingerprint density at radius 2 is 1.82 bits per heavy atom. The Morgan fingerprint density at radius 3 is 2.50 bits per heavy atom. The van der Waals surface area contributed by atoms with E-state index in [0.717, 1.165) is 40.7 Å². The van der Waals surface area contributed by atoms with E-state index in [9.17, 15) is 9.90 Å². The van der Waals surface area contributed by atoms with Crippen LogP contribution in [0.25, 0.3) is 11.4 Å². The maximum absolute atomic E-state index is 12.6. The van der Waals surface area contributed by atoms with E-state index in [0.29, 0.717) is 17.5 Å². The summed E-state index contributed by atoms with van der Waals surface area (Å²) in [5.74, 6) is 0.979. The Morgan fingerprint density at radius 1 is 1.12 bits per heavy atom. The van der Waals surface area contributed by atoms with Crippen molar-refractivity contribution in [3.8, 4) is 17.1 Å². The quantitative estimate of drug-likeness (QED) is 0.232. The number of nitrogens with one attached hydrogen (secondary N) is 1. The highest BCUT2D eigenvalue weighted by Crippen LogP contribution is 2.35. The minimum Gasteiger partial charge on any atom is -0.508 e. The van der Waals surface area contributed by atoms with Gasteiger partial charge >= 0.3 is 0 Å². The van der Waals surface area contributed by atoms with Gasteiger partial charge in [0.1, 0.15) is 5.75 Å². The molecule has 2 N–H and O–H groups in total. The average molecular weight is 498 g/mol. The molecule has 3 aromatic rings. The Balaban J connectivity index is 1.48. The fraction of sp³-hybridized carbons (Fsp3) is 0.360. The van der Waals surface area contributed by atoms with E-state index < -0.39 is 0 Å². The molecule has 1 amide bonds. The SMILES string of the molecule is CCC(=NNC(=O)CSc1nnc(-c2ccc(Cl)cc2)n1C1CCCCC1)c1ccc(O)cc1. The number of nitrogens with zero attached hydrogens (tertiary/aromatic N) is 4. The van der Waals surface area contributed by atoms with E-state index in [1.54, 1.807) is 24.3 Å². The maximum atomic E-state index is 12.6. The van der Waals surface area contributed by atoms with Crippen LogP contribution in [-0.2, 0) is 4.79 Å². The van der Waals surface area contributed by atoms with E-state index in [1.165, 1.54) is 31.0 Å². The predicted molar refractivity (Wildman–Crippen MR) is 136 cm³/mol. The Kier molecular flexibility index (Phi) is 8.24. The fourth-order valence-electron chi connectivity index (χ4n) is 4.13. The maximum Gasteiger partial charge on any atom is 0.250 e. The van der Waals surface area contributed by atoms with Gasteiger partial charge in [-0.05, 0) is 73.4 Å². The molecule has 0 atom stereocenters. The van der Waals surface area contributed by atoms with Crippen LogP contribution in [0.4, 0.5) is 0 Å². The number of aromatic hydroxyl groups is 1. The third-order valence-corrected chi connectivity index (χ3v) is 7.09. The first-order chi connectivity index (χ1) is 16.5. The van der Waals surface area contributed by atoms with Gasteiger partial charge in [-0.2, -0.15) is 5.10 Å². The molecule has 34 heavy (non-hydrogen) atoms. The van der Waals surface area contributed by atoms with Crippen molar-refractivity contribution in [2.75, 3.05) is 5.75 Å². The van der Waals surface area contributed by atoms with Crippen LogP contribution in [0.15, 0.2) is 58.8 Å². The van der Waals surface area contributed by atoms with Gasteiger partial charge in [-0.3, -0.25) is 9.36 Å². The lowest BCUT2D eigenvalue weighted by molar-refractivity contribution is -0.118. The molecule has 9 heteroatoms. The number of phenols is 1. The number of rotatable bonds is 8. The monoisotopic (exact) mass is 497 g/mol. The summed E-state index contributed by atoms with van der Waals surface area (Å²) in [6.07, 6.45) is 6.42. The van der Waals surface area contributed by atoms with E-state index in [-0.39, 0.29) is 17.4 Å². The van der Waals surface area contributed by atoms with Crippen LogP contribution in [0.3, 0.4) is 0 Å². The second-order valence-corrected chi connectivity index (χ2v) is 9.64. The molecule has 1 saturated carbocycles. The molecule has 1 aromatic heterocycles. The minimum atomic E-state index is -0.207. The van der Waals surface area contributed by atoms with Gasteiger partial charge in [0.15, 0.2) is 11.0 Å². The number of phenolic OH excluding ortho intramolecular Hbond substituents is 1. The van der Waals surface area contributed by atoms with Crippen molar-refractivity contribution in [2.24, 2.45) is 5.10 Å². The van der Waals surface area contributed by atoms with Gasteiger partial charge in [0.2, 0.25) is 0 Å². The topological polar surface area (TPSA) is 92.4 Å². The highest BCUT2D eigenvalue weighted by atomic mass is 35.5. The molecule has 0 radical (unpaired) electrons. The summed E-state index contributed by atoms with van der Waals surface area (Å²) in [7, 11) is 0. The van der Waals surface area contributed by atoms with Crippen molar-refractivity contribution in [1.82, 2.24) is 20.2 Å². The smallest absolute Gasteiger partial charge is 0.250 e. The van der Waals surface area contributed by atoms with Crippen LogP contribution < -0.4 is 5.43 Å². The molecule has 0 unspecified atom stereocenters. The van der Waals surface area contributed by atoms with Gasteiger partial charge in [0.05, 0.1) is 11.5 Å². The first-order valence-electron chi connectivity index (χ1n) is 11.5. The molecule has 1 heterocycles. The first kappa shape index (κ1) is 24.3. The highest BCUT2D eigenvalue weighted by Gasteiger charge is 2.24. The molecule has 178 valence electrons. The van der Waals surface area contributed by atoms with Crippen LogP contribution in [0.2, 0.25) is 5.02 Å². The molecule has 1 aliphatic rings. The van der Waals surface area contributed by atoms with Crippen LogP contribution in [-0.4, -0.2) is 37.2 Å². The number of amides is 1. The van der Waals surface area contributed by atoms with Crippen molar-refractivity contribution in [2.45, 2.75) is 56.6 Å². The summed E-state index contributed by atoms with van der Waals surface area (Å²) in [5, 5.41) is 24.1. The summed E-state index contributed by atoms with van der Waals surface area (Å²) in [6, 6.07) is 14.7. The lowest BCUT2D eigenvalue weighted by Crippen LogP contribution is -2.22. The number of aromatic nitrogens is 3. The Bertz CT molecular complexity index is 1140. The van der Waals surface area contributed by atoms with E-state index >= 15 is 0 Å². The molecule has 1 fully saturated rings. The second kappa shape index (κ2) is 11.5. The number of hydrogen-bond acceptors (Lipinski definition) is 6. The summed E-state index contributed by atoms with van der Waals surface area (Å²) in [5.41, 5.74) is 5.22. The fourth-order valence-corrected chi connectivity index (χ4v) is 5.06. The van der Waals surface area contributed by atoms with Gasteiger partial charge in [-0.25, -0.2) is 5.43 Å². The number of carbonyl (C=O) groups excluding carboxylic acids is 1. The van der Waals surface area contributed by atoms with Crippen molar-refractivity contribution < 1.29 is 9.90 Å². The van der Waals surface area contributed by atoms with Crippen LogP contribution in [0.5, 0.6) is 5.75 Å². The summed E-state index contributed by atoms with van der Waals surface area (Å²) in [4.78, 5) is 12.6. The van der Waals surface area contributed by atoms with Crippen molar-refractivity contribution in [3.05, 3.63) is 59.1 Å². The molecule has 0 saturated heterocycles. The summed E-state index contributed by atoms with van der Waals surface area (Å²) in [6.45, 7) is 1.97. The number of carbonyl (C=O) groups is 1. The first-order valence-corrected chi connectivity index (χ1v) is 12.9. The largest absolute Gasteiger partial charge is 0.508 e. The van der Waals surface area contributed by atoms with E-state index in [2.05, 4.69) is 25.3 Å². The lowest BCUT2D eigenvalue weighted by Gasteiger charge is -2.25. The zero-order chi connectivity index (χ0) is 23.9. The van der Waals surface area contributed by atoms with Gasteiger partial charge < -0.3 is 5.11 Å². The lowest BCUT2D eigenvalue weighted by atomic mass is 9.95. The van der Waals surface area contributed by atoms with Crippen molar-refractivity contribution >= 4 is 35.0 Å². The Labute approximate surface area is 208 Å². The van der Waals surface area contributed by atoms with Crippen LogP contribution in [0.1, 0.15) is 57.1 Å². The van der Waals surface area contributed by atoms with Gasteiger partial charge in [0.25, 0.3) is 5.91 Å². The second-order valence-electron chi connectivity index (χ2n) is 8.26. The molecule has 4 rings (SSSR count).